The Labute approximate surface area is 115 Å². The van der Waals surface area contributed by atoms with E-state index in [9.17, 15) is 4.79 Å². The van der Waals surface area contributed by atoms with Crippen LogP contribution >= 0.6 is 15.9 Å². The number of halogens is 1. The number of nitrogens with zero attached hydrogens (tertiary/aromatic N) is 1. The zero-order chi connectivity index (χ0) is 13.1. The fourth-order valence-corrected chi connectivity index (χ4v) is 2.11. The minimum atomic E-state index is 0.124. The predicted molar refractivity (Wildman–Crippen MR) is 74.6 cm³/mol. The Morgan fingerprint density at radius 1 is 1.17 bits per heavy atom. The number of hydrogen-bond donors (Lipinski definition) is 0. The zero-order valence-electron chi connectivity index (χ0n) is 10.5. The SMILES string of the molecule is Cc1cc[n+](CC(=O)c2ccc(Br)cc2)c(C)c1. The van der Waals surface area contributed by atoms with Crippen molar-refractivity contribution in [3.05, 3.63) is 63.9 Å². The van der Waals surface area contributed by atoms with Crippen LogP contribution in [-0.2, 0) is 6.54 Å². The molecule has 0 aliphatic carbocycles. The molecular formula is C15H15BrNO+. The third-order valence-corrected chi connectivity index (χ3v) is 3.42. The number of carbonyl (C=O) groups excluding carboxylic acids is 1. The molecule has 0 bridgehead atoms. The van der Waals surface area contributed by atoms with E-state index in [1.54, 1.807) is 0 Å². The van der Waals surface area contributed by atoms with Gasteiger partial charge in [-0.25, -0.2) is 0 Å². The highest BCUT2D eigenvalue weighted by Gasteiger charge is 2.14. The Morgan fingerprint density at radius 2 is 1.83 bits per heavy atom. The topological polar surface area (TPSA) is 20.9 Å². The van der Waals surface area contributed by atoms with Crippen LogP contribution in [0.3, 0.4) is 0 Å². The lowest BCUT2D eigenvalue weighted by Gasteiger charge is -2.02. The lowest BCUT2D eigenvalue weighted by molar-refractivity contribution is -0.689. The number of Topliss-reactive ketones (excluding diaryl/α,β-unsaturated/α-hetero) is 1. The van der Waals surface area contributed by atoms with Crippen LogP contribution in [-0.4, -0.2) is 5.78 Å². The number of rotatable bonds is 3. The standard InChI is InChI=1S/C15H15BrNO/c1-11-7-8-17(12(2)9-11)10-15(18)13-3-5-14(16)6-4-13/h3-9H,10H2,1-2H3/q+1. The Morgan fingerprint density at radius 3 is 2.44 bits per heavy atom. The van der Waals surface area contributed by atoms with Crippen molar-refractivity contribution >= 4 is 21.7 Å². The summed E-state index contributed by atoms with van der Waals surface area (Å²) in [5.41, 5.74) is 3.05. The molecule has 92 valence electrons. The van der Waals surface area contributed by atoms with E-state index in [2.05, 4.69) is 22.0 Å². The fraction of sp³-hybridized carbons (Fsp3) is 0.200. The monoisotopic (exact) mass is 304 g/mol. The highest BCUT2D eigenvalue weighted by molar-refractivity contribution is 9.10. The summed E-state index contributed by atoms with van der Waals surface area (Å²) < 4.78 is 2.95. The first-order chi connectivity index (χ1) is 8.56. The first-order valence-electron chi connectivity index (χ1n) is 5.82. The van der Waals surface area contributed by atoms with Gasteiger partial charge in [-0.05, 0) is 24.6 Å². The summed E-state index contributed by atoms with van der Waals surface area (Å²) in [6, 6.07) is 11.6. The fourth-order valence-electron chi connectivity index (χ4n) is 1.84. The van der Waals surface area contributed by atoms with Crippen molar-refractivity contribution in [2.75, 3.05) is 0 Å². The van der Waals surface area contributed by atoms with E-state index in [-0.39, 0.29) is 5.78 Å². The molecule has 0 unspecified atom stereocenters. The summed E-state index contributed by atoms with van der Waals surface area (Å²) in [4.78, 5) is 12.1. The average molecular weight is 305 g/mol. The highest BCUT2D eigenvalue weighted by Crippen LogP contribution is 2.11. The molecular weight excluding hydrogens is 290 g/mol. The number of benzene rings is 1. The Kier molecular flexibility index (Phi) is 3.92. The van der Waals surface area contributed by atoms with Crippen molar-refractivity contribution in [1.29, 1.82) is 0 Å². The van der Waals surface area contributed by atoms with Gasteiger partial charge in [-0.3, -0.25) is 4.79 Å². The van der Waals surface area contributed by atoms with E-state index in [1.165, 1.54) is 5.56 Å². The normalized spacial score (nSPS) is 10.4. The van der Waals surface area contributed by atoms with Gasteiger partial charge in [0.1, 0.15) is 0 Å². The van der Waals surface area contributed by atoms with E-state index in [0.29, 0.717) is 6.54 Å². The minimum Gasteiger partial charge on any atom is -0.287 e. The van der Waals surface area contributed by atoms with E-state index in [0.717, 1.165) is 15.7 Å². The molecule has 0 saturated carbocycles. The molecule has 0 atom stereocenters. The van der Waals surface area contributed by atoms with E-state index in [4.69, 9.17) is 0 Å². The van der Waals surface area contributed by atoms with Gasteiger partial charge in [0.2, 0.25) is 12.3 Å². The number of pyridine rings is 1. The molecule has 0 aliphatic heterocycles. The first kappa shape index (κ1) is 13.0. The van der Waals surface area contributed by atoms with Crippen LogP contribution in [0.25, 0.3) is 0 Å². The largest absolute Gasteiger partial charge is 0.287 e. The minimum absolute atomic E-state index is 0.124. The smallest absolute Gasteiger partial charge is 0.227 e. The summed E-state index contributed by atoms with van der Waals surface area (Å²) in [6.45, 7) is 4.45. The molecule has 1 aromatic heterocycles. The second-order valence-corrected chi connectivity index (χ2v) is 5.32. The third kappa shape index (κ3) is 3.05. The van der Waals surface area contributed by atoms with E-state index >= 15 is 0 Å². The number of carbonyl (C=O) groups is 1. The maximum absolute atomic E-state index is 12.1. The van der Waals surface area contributed by atoms with Gasteiger partial charge in [0.15, 0.2) is 11.9 Å². The number of aromatic nitrogens is 1. The molecule has 0 amide bonds. The molecule has 2 rings (SSSR count). The van der Waals surface area contributed by atoms with Crippen LogP contribution < -0.4 is 4.57 Å². The van der Waals surface area contributed by atoms with E-state index in [1.807, 2.05) is 54.9 Å². The van der Waals surface area contributed by atoms with Crippen molar-refractivity contribution in [3.63, 3.8) is 0 Å². The molecule has 3 heteroatoms. The molecule has 0 fully saturated rings. The van der Waals surface area contributed by atoms with Gasteiger partial charge in [-0.15, -0.1) is 0 Å². The van der Waals surface area contributed by atoms with Gasteiger partial charge in [0.05, 0.1) is 0 Å². The predicted octanol–water partition coefficient (Wildman–Crippen LogP) is 3.24. The summed E-state index contributed by atoms with van der Waals surface area (Å²) in [5, 5.41) is 0. The lowest BCUT2D eigenvalue weighted by Crippen LogP contribution is -2.40. The van der Waals surface area contributed by atoms with E-state index < -0.39 is 0 Å². The summed E-state index contributed by atoms with van der Waals surface area (Å²) in [7, 11) is 0. The number of aryl methyl sites for hydroxylation is 2. The Bertz CT molecular complexity index is 576. The van der Waals surface area contributed by atoms with Crippen molar-refractivity contribution in [2.24, 2.45) is 0 Å². The molecule has 0 radical (unpaired) electrons. The van der Waals surface area contributed by atoms with Crippen molar-refractivity contribution in [1.82, 2.24) is 0 Å². The van der Waals surface area contributed by atoms with Crippen LogP contribution in [0.1, 0.15) is 21.6 Å². The Balaban J connectivity index is 2.18. The molecule has 1 heterocycles. The molecule has 1 aromatic carbocycles. The molecule has 18 heavy (non-hydrogen) atoms. The van der Waals surface area contributed by atoms with Crippen LogP contribution in [0, 0.1) is 13.8 Å². The van der Waals surface area contributed by atoms with Gasteiger partial charge < -0.3 is 0 Å². The molecule has 0 spiro atoms. The lowest BCUT2D eigenvalue weighted by atomic mass is 10.1. The van der Waals surface area contributed by atoms with Crippen molar-refractivity contribution < 1.29 is 9.36 Å². The zero-order valence-corrected chi connectivity index (χ0v) is 12.1. The van der Waals surface area contributed by atoms with Crippen molar-refractivity contribution in [2.45, 2.75) is 20.4 Å². The van der Waals surface area contributed by atoms with Gasteiger partial charge in [0, 0.05) is 29.1 Å². The second kappa shape index (κ2) is 5.44. The molecule has 2 aromatic rings. The summed E-state index contributed by atoms with van der Waals surface area (Å²) >= 11 is 3.36. The van der Waals surface area contributed by atoms with Gasteiger partial charge in [-0.2, -0.15) is 4.57 Å². The number of hydrogen-bond acceptors (Lipinski definition) is 1. The molecule has 0 aliphatic rings. The molecule has 0 N–H and O–H groups in total. The maximum Gasteiger partial charge on any atom is 0.227 e. The number of ketones is 1. The highest BCUT2D eigenvalue weighted by atomic mass is 79.9. The summed E-state index contributed by atoms with van der Waals surface area (Å²) in [5.74, 6) is 0.124. The first-order valence-corrected chi connectivity index (χ1v) is 6.61. The molecule has 0 saturated heterocycles. The quantitative estimate of drug-likeness (QED) is 0.630. The van der Waals surface area contributed by atoms with Crippen LogP contribution in [0.5, 0.6) is 0 Å². The van der Waals surface area contributed by atoms with Gasteiger partial charge in [-0.1, -0.05) is 28.1 Å². The summed E-state index contributed by atoms with van der Waals surface area (Å²) in [6.07, 6.45) is 1.96. The van der Waals surface area contributed by atoms with Crippen LogP contribution in [0.4, 0.5) is 0 Å². The maximum atomic E-state index is 12.1. The van der Waals surface area contributed by atoms with Gasteiger partial charge in [0.25, 0.3) is 0 Å². The molecule has 2 nitrogen and oxygen atoms in total. The van der Waals surface area contributed by atoms with Crippen molar-refractivity contribution in [3.8, 4) is 0 Å². The second-order valence-electron chi connectivity index (χ2n) is 4.40. The van der Waals surface area contributed by atoms with Gasteiger partial charge >= 0.3 is 0 Å². The third-order valence-electron chi connectivity index (χ3n) is 2.89. The average Bonchev–Trinajstić information content (AvgIpc) is 2.33. The Hall–Kier alpha value is -1.48. The van der Waals surface area contributed by atoms with Crippen LogP contribution in [0.2, 0.25) is 0 Å². The van der Waals surface area contributed by atoms with Crippen LogP contribution in [0.15, 0.2) is 47.1 Å².